The molecule has 4 heterocycles. The third-order valence-corrected chi connectivity index (χ3v) is 7.06. The second-order valence-corrected chi connectivity index (χ2v) is 8.41. The Kier molecular flexibility index (Phi) is 7.29. The van der Waals surface area contributed by atoms with Gasteiger partial charge in [0, 0.05) is 25.0 Å². The minimum atomic E-state index is 0. The van der Waals surface area contributed by atoms with Crippen molar-refractivity contribution < 1.29 is 4.79 Å². The lowest BCUT2D eigenvalue weighted by Crippen LogP contribution is -2.44. The predicted octanol–water partition coefficient (Wildman–Crippen LogP) is 3.86. The Hall–Kier alpha value is -0.660. The molecule has 2 fully saturated rings. The van der Waals surface area contributed by atoms with Gasteiger partial charge < -0.3 is 10.2 Å². The van der Waals surface area contributed by atoms with E-state index in [1.165, 1.54) is 11.3 Å². The molecule has 0 radical (unpaired) electrons. The molecule has 0 saturated carbocycles. The maximum absolute atomic E-state index is 12.5. The van der Waals surface area contributed by atoms with Gasteiger partial charge in [-0.25, -0.2) is 4.98 Å². The summed E-state index contributed by atoms with van der Waals surface area (Å²) in [5.41, 5.74) is 1.37. The predicted molar refractivity (Wildman–Crippen MR) is 109 cm³/mol. The number of hydrogen-bond acceptors (Lipinski definition) is 5. The maximum atomic E-state index is 12.5. The quantitative estimate of drug-likeness (QED) is 0.820. The van der Waals surface area contributed by atoms with Crippen LogP contribution in [0, 0.1) is 5.41 Å². The van der Waals surface area contributed by atoms with Crippen molar-refractivity contribution >= 4 is 53.4 Å². The van der Waals surface area contributed by atoms with Crippen molar-refractivity contribution in [1.82, 2.24) is 15.2 Å². The Morgan fingerprint density at radius 1 is 1.24 bits per heavy atom. The van der Waals surface area contributed by atoms with Crippen molar-refractivity contribution in [3.8, 4) is 9.88 Å². The summed E-state index contributed by atoms with van der Waals surface area (Å²) >= 11 is 3.33. The van der Waals surface area contributed by atoms with Crippen molar-refractivity contribution in [2.24, 2.45) is 5.41 Å². The molecule has 0 bridgehead atoms. The van der Waals surface area contributed by atoms with Gasteiger partial charge >= 0.3 is 0 Å². The second kappa shape index (κ2) is 8.82. The largest absolute Gasteiger partial charge is 0.342 e. The van der Waals surface area contributed by atoms with Crippen LogP contribution < -0.4 is 5.32 Å². The van der Waals surface area contributed by atoms with Gasteiger partial charge in [-0.15, -0.1) is 47.5 Å². The number of piperidine rings is 1. The maximum Gasteiger partial charge on any atom is 0.228 e. The van der Waals surface area contributed by atoms with Gasteiger partial charge in [-0.2, -0.15) is 0 Å². The summed E-state index contributed by atoms with van der Waals surface area (Å²) in [6.07, 6.45) is 3.99. The minimum Gasteiger partial charge on any atom is -0.342 e. The molecule has 0 unspecified atom stereocenters. The molecule has 2 aliphatic heterocycles. The van der Waals surface area contributed by atoms with Gasteiger partial charge in [0.25, 0.3) is 0 Å². The fourth-order valence-corrected chi connectivity index (χ4v) is 5.25. The molecule has 2 aliphatic rings. The van der Waals surface area contributed by atoms with Gasteiger partial charge in [-0.3, -0.25) is 4.79 Å². The number of thiazole rings is 1. The molecular weight excluding hydrogens is 397 g/mol. The van der Waals surface area contributed by atoms with Crippen LogP contribution in [0.1, 0.15) is 25.0 Å². The molecule has 2 saturated heterocycles. The highest BCUT2D eigenvalue weighted by atomic mass is 35.5. The highest BCUT2D eigenvalue weighted by Crippen LogP contribution is 2.37. The molecule has 2 aromatic rings. The van der Waals surface area contributed by atoms with Gasteiger partial charge in [0.2, 0.25) is 5.91 Å². The van der Waals surface area contributed by atoms with Gasteiger partial charge in [0.05, 0.1) is 17.0 Å². The van der Waals surface area contributed by atoms with E-state index in [2.05, 4.69) is 21.7 Å². The summed E-state index contributed by atoms with van der Waals surface area (Å²) in [5.74, 6) is 0.230. The number of rotatable bonds is 3. The summed E-state index contributed by atoms with van der Waals surface area (Å²) in [4.78, 5) is 20.4. The third-order valence-electron chi connectivity index (χ3n) is 5.12. The fourth-order valence-electron chi connectivity index (χ4n) is 3.62. The van der Waals surface area contributed by atoms with Crippen LogP contribution in [-0.4, -0.2) is 42.0 Å². The summed E-state index contributed by atoms with van der Waals surface area (Å²) in [7, 11) is 0. The van der Waals surface area contributed by atoms with Crippen molar-refractivity contribution in [2.45, 2.75) is 25.7 Å². The Bertz CT molecular complexity index is 674. The van der Waals surface area contributed by atoms with Gasteiger partial charge in [0.1, 0.15) is 5.01 Å². The Morgan fingerprint density at radius 3 is 2.68 bits per heavy atom. The van der Waals surface area contributed by atoms with E-state index < -0.39 is 0 Å². The first-order valence-corrected chi connectivity index (χ1v) is 9.97. The molecule has 2 aromatic heterocycles. The van der Waals surface area contributed by atoms with Crippen LogP contribution in [0.15, 0.2) is 22.9 Å². The monoisotopic (exact) mass is 419 g/mol. The van der Waals surface area contributed by atoms with Crippen molar-refractivity contribution in [2.75, 3.05) is 26.2 Å². The van der Waals surface area contributed by atoms with Crippen molar-refractivity contribution in [3.63, 3.8) is 0 Å². The van der Waals surface area contributed by atoms with Crippen LogP contribution in [0.5, 0.6) is 0 Å². The zero-order valence-corrected chi connectivity index (χ0v) is 17.2. The first-order valence-electron chi connectivity index (χ1n) is 8.21. The zero-order valence-electron chi connectivity index (χ0n) is 13.9. The van der Waals surface area contributed by atoms with E-state index in [0.29, 0.717) is 11.8 Å². The lowest BCUT2D eigenvalue weighted by molar-refractivity contribution is -0.132. The highest BCUT2D eigenvalue weighted by Gasteiger charge is 2.37. The molecule has 25 heavy (non-hydrogen) atoms. The van der Waals surface area contributed by atoms with Crippen LogP contribution in [0.3, 0.4) is 0 Å². The van der Waals surface area contributed by atoms with Gasteiger partial charge in [-0.05, 0) is 42.7 Å². The van der Waals surface area contributed by atoms with Crippen molar-refractivity contribution in [1.29, 1.82) is 0 Å². The van der Waals surface area contributed by atoms with Crippen molar-refractivity contribution in [3.05, 3.63) is 28.6 Å². The molecule has 0 atom stereocenters. The van der Waals surface area contributed by atoms with E-state index in [0.717, 1.165) is 49.7 Å². The van der Waals surface area contributed by atoms with Crippen LogP contribution in [0.25, 0.3) is 9.88 Å². The van der Waals surface area contributed by atoms with Gasteiger partial charge in [-0.1, -0.05) is 6.07 Å². The van der Waals surface area contributed by atoms with Crippen LogP contribution in [-0.2, 0) is 11.2 Å². The number of carbonyl (C=O) groups is 1. The first kappa shape index (κ1) is 20.6. The number of nitrogens with zero attached hydrogens (tertiary/aromatic N) is 2. The number of halogens is 2. The SMILES string of the molecule is Cl.Cl.O=C(Cc1csc(-c2cccs2)n1)N1CCC2(CCNC2)CC1. The first-order chi connectivity index (χ1) is 11.2. The highest BCUT2D eigenvalue weighted by molar-refractivity contribution is 7.20. The average Bonchev–Trinajstić information content (AvgIpc) is 3.29. The number of carbonyl (C=O) groups excluding carboxylic acids is 1. The Labute approximate surface area is 168 Å². The average molecular weight is 420 g/mol. The number of hydrogen-bond donors (Lipinski definition) is 1. The summed E-state index contributed by atoms with van der Waals surface area (Å²) in [6, 6.07) is 4.11. The normalized spacial score (nSPS) is 18.6. The summed E-state index contributed by atoms with van der Waals surface area (Å²) < 4.78 is 0. The van der Waals surface area contributed by atoms with E-state index in [9.17, 15) is 4.79 Å². The fraction of sp³-hybridized carbons (Fsp3) is 0.529. The summed E-state index contributed by atoms with van der Waals surface area (Å²) in [6.45, 7) is 4.08. The zero-order chi connectivity index (χ0) is 15.7. The molecule has 0 aliphatic carbocycles. The lowest BCUT2D eigenvalue weighted by atomic mass is 9.78. The molecule has 138 valence electrons. The smallest absolute Gasteiger partial charge is 0.228 e. The molecule has 1 spiro atoms. The van der Waals surface area contributed by atoms with E-state index in [1.54, 1.807) is 22.7 Å². The molecule has 1 N–H and O–H groups in total. The number of nitrogens with one attached hydrogen (secondary N) is 1. The van der Waals surface area contributed by atoms with Crippen LogP contribution in [0.2, 0.25) is 0 Å². The van der Waals surface area contributed by atoms with E-state index in [4.69, 9.17) is 0 Å². The Morgan fingerprint density at radius 2 is 2.04 bits per heavy atom. The topological polar surface area (TPSA) is 45.2 Å². The van der Waals surface area contributed by atoms with E-state index in [-0.39, 0.29) is 30.7 Å². The van der Waals surface area contributed by atoms with Crippen LogP contribution in [0.4, 0.5) is 0 Å². The molecular formula is C17H23Cl2N3OS2. The molecule has 0 aromatic carbocycles. The summed E-state index contributed by atoms with van der Waals surface area (Å²) in [5, 5.41) is 8.58. The molecule has 4 rings (SSSR count). The standard InChI is InChI=1S/C17H21N3OS2.2ClH/c21-15(20-7-4-17(5-8-20)3-6-18-12-17)10-13-11-23-16(19-13)14-2-1-9-22-14;;/h1-2,9,11,18H,3-8,10,12H2;2*1H. The number of amides is 1. The number of aromatic nitrogens is 1. The number of thiophene rings is 1. The lowest BCUT2D eigenvalue weighted by Gasteiger charge is -2.38. The third kappa shape index (κ3) is 4.55. The Balaban J connectivity index is 0.00000113. The molecule has 8 heteroatoms. The van der Waals surface area contributed by atoms with E-state index in [1.807, 2.05) is 16.3 Å². The second-order valence-electron chi connectivity index (χ2n) is 6.61. The minimum absolute atomic E-state index is 0. The van der Waals surface area contributed by atoms with E-state index >= 15 is 0 Å². The molecule has 1 amide bonds. The van der Waals surface area contributed by atoms with Gasteiger partial charge in [0.15, 0.2) is 0 Å². The van der Waals surface area contributed by atoms with Crippen LogP contribution >= 0.6 is 47.5 Å². The number of likely N-dealkylation sites (tertiary alicyclic amines) is 1. The molecule has 4 nitrogen and oxygen atoms in total.